The SMILES string of the molecule is CC(C)(C)C(=O)OC/C=C/CN1CCOCC1.Cl. The molecule has 0 amide bonds. The fraction of sp³-hybridized carbons (Fsp3) is 0.769. The lowest BCUT2D eigenvalue weighted by Gasteiger charge is -2.25. The zero-order valence-electron chi connectivity index (χ0n) is 11.5. The molecule has 1 fully saturated rings. The number of nitrogens with zero attached hydrogens (tertiary/aromatic N) is 1. The Kier molecular flexibility index (Phi) is 8.24. The number of carbonyl (C=O) groups is 1. The summed E-state index contributed by atoms with van der Waals surface area (Å²) in [7, 11) is 0. The molecule has 0 radical (unpaired) electrons. The lowest BCUT2D eigenvalue weighted by molar-refractivity contribution is -0.151. The molecule has 0 aliphatic carbocycles. The smallest absolute Gasteiger partial charge is 0.311 e. The monoisotopic (exact) mass is 277 g/mol. The Morgan fingerprint density at radius 3 is 2.44 bits per heavy atom. The van der Waals surface area contributed by atoms with Gasteiger partial charge < -0.3 is 9.47 Å². The van der Waals surface area contributed by atoms with Crippen LogP contribution in [0.5, 0.6) is 0 Å². The Morgan fingerprint density at radius 2 is 1.89 bits per heavy atom. The van der Waals surface area contributed by atoms with Crippen molar-refractivity contribution in [1.29, 1.82) is 0 Å². The highest BCUT2D eigenvalue weighted by molar-refractivity contribution is 5.85. The molecule has 0 unspecified atom stereocenters. The number of rotatable bonds is 4. The van der Waals surface area contributed by atoms with Crippen LogP contribution in [-0.4, -0.2) is 50.3 Å². The molecule has 1 aliphatic heterocycles. The van der Waals surface area contributed by atoms with Crippen LogP contribution in [-0.2, 0) is 14.3 Å². The van der Waals surface area contributed by atoms with Gasteiger partial charge in [0.2, 0.25) is 0 Å². The molecule has 1 rings (SSSR count). The minimum absolute atomic E-state index is 0. The number of morpholine rings is 1. The number of halogens is 1. The largest absolute Gasteiger partial charge is 0.461 e. The van der Waals surface area contributed by atoms with E-state index in [1.54, 1.807) is 0 Å². The van der Waals surface area contributed by atoms with Gasteiger partial charge in [-0.2, -0.15) is 0 Å². The maximum atomic E-state index is 11.4. The van der Waals surface area contributed by atoms with Gasteiger partial charge in [0.25, 0.3) is 0 Å². The fourth-order valence-electron chi connectivity index (χ4n) is 1.42. The highest BCUT2D eigenvalue weighted by atomic mass is 35.5. The molecule has 5 heteroatoms. The molecular formula is C13H24ClNO3. The van der Waals surface area contributed by atoms with Crippen LogP contribution in [0.1, 0.15) is 20.8 Å². The van der Waals surface area contributed by atoms with E-state index in [1.165, 1.54) is 0 Å². The van der Waals surface area contributed by atoms with Gasteiger partial charge in [-0.15, -0.1) is 12.4 Å². The van der Waals surface area contributed by atoms with Gasteiger partial charge in [-0.1, -0.05) is 6.08 Å². The van der Waals surface area contributed by atoms with Crippen LogP contribution < -0.4 is 0 Å². The van der Waals surface area contributed by atoms with Crippen LogP contribution in [0.3, 0.4) is 0 Å². The van der Waals surface area contributed by atoms with Crippen LogP contribution in [0.15, 0.2) is 12.2 Å². The summed E-state index contributed by atoms with van der Waals surface area (Å²) in [6.07, 6.45) is 3.94. The van der Waals surface area contributed by atoms with Gasteiger partial charge in [-0.05, 0) is 26.8 Å². The van der Waals surface area contributed by atoms with Crippen LogP contribution in [0.25, 0.3) is 0 Å². The molecule has 0 atom stereocenters. The van der Waals surface area contributed by atoms with Gasteiger partial charge in [0.15, 0.2) is 0 Å². The second-order valence-electron chi connectivity index (χ2n) is 5.23. The summed E-state index contributed by atoms with van der Waals surface area (Å²) in [5.74, 6) is -0.159. The lowest BCUT2D eigenvalue weighted by atomic mass is 9.97. The first-order valence-electron chi connectivity index (χ1n) is 6.12. The van der Waals surface area contributed by atoms with Crippen molar-refractivity contribution in [2.45, 2.75) is 20.8 Å². The highest BCUT2D eigenvalue weighted by Crippen LogP contribution is 2.14. The Balaban J connectivity index is 0.00000289. The van der Waals surface area contributed by atoms with E-state index in [1.807, 2.05) is 32.9 Å². The van der Waals surface area contributed by atoms with Crippen molar-refractivity contribution in [2.24, 2.45) is 5.41 Å². The molecule has 0 aromatic heterocycles. The Bertz CT molecular complexity index is 268. The fourth-order valence-corrected chi connectivity index (χ4v) is 1.42. The van der Waals surface area contributed by atoms with E-state index in [0.29, 0.717) is 6.61 Å². The highest BCUT2D eigenvalue weighted by Gasteiger charge is 2.22. The molecule has 0 N–H and O–H groups in total. The molecule has 0 spiro atoms. The summed E-state index contributed by atoms with van der Waals surface area (Å²) in [6.45, 7) is 10.4. The van der Waals surface area contributed by atoms with Gasteiger partial charge in [0.05, 0.1) is 18.6 Å². The summed E-state index contributed by atoms with van der Waals surface area (Å²) < 4.78 is 10.4. The van der Waals surface area contributed by atoms with E-state index in [4.69, 9.17) is 9.47 Å². The van der Waals surface area contributed by atoms with Gasteiger partial charge >= 0.3 is 5.97 Å². The molecule has 106 valence electrons. The molecular weight excluding hydrogens is 254 g/mol. The summed E-state index contributed by atoms with van der Waals surface area (Å²) >= 11 is 0. The van der Waals surface area contributed by atoms with Crippen molar-refractivity contribution in [1.82, 2.24) is 4.90 Å². The van der Waals surface area contributed by atoms with E-state index < -0.39 is 5.41 Å². The van der Waals surface area contributed by atoms with Crippen molar-refractivity contribution < 1.29 is 14.3 Å². The number of carbonyl (C=O) groups excluding carboxylic acids is 1. The second kappa shape index (κ2) is 8.51. The van der Waals surface area contributed by atoms with E-state index in [-0.39, 0.29) is 18.4 Å². The molecule has 18 heavy (non-hydrogen) atoms. The minimum Gasteiger partial charge on any atom is -0.461 e. The van der Waals surface area contributed by atoms with E-state index >= 15 is 0 Å². The van der Waals surface area contributed by atoms with Crippen molar-refractivity contribution in [2.75, 3.05) is 39.5 Å². The topological polar surface area (TPSA) is 38.8 Å². The first kappa shape index (κ1) is 17.4. The average molecular weight is 278 g/mol. The Morgan fingerprint density at radius 1 is 1.28 bits per heavy atom. The third-order valence-electron chi connectivity index (χ3n) is 2.56. The minimum atomic E-state index is -0.419. The number of hydrogen-bond donors (Lipinski definition) is 0. The van der Waals surface area contributed by atoms with Crippen molar-refractivity contribution in [3.8, 4) is 0 Å². The average Bonchev–Trinajstić information content (AvgIpc) is 2.28. The maximum Gasteiger partial charge on any atom is 0.311 e. The second-order valence-corrected chi connectivity index (χ2v) is 5.23. The standard InChI is InChI=1S/C13H23NO3.ClH/c1-13(2,3)12(15)17-9-5-4-6-14-7-10-16-11-8-14;/h4-5H,6-11H2,1-3H3;1H/b5-4+;. The number of ether oxygens (including phenoxy) is 2. The van der Waals surface area contributed by atoms with Crippen LogP contribution in [0.2, 0.25) is 0 Å². The number of esters is 1. The zero-order chi connectivity index (χ0) is 12.7. The third-order valence-corrected chi connectivity index (χ3v) is 2.56. The van der Waals surface area contributed by atoms with Crippen molar-refractivity contribution >= 4 is 18.4 Å². The van der Waals surface area contributed by atoms with Gasteiger partial charge in [-0.25, -0.2) is 0 Å². The summed E-state index contributed by atoms with van der Waals surface area (Å²) in [6, 6.07) is 0. The van der Waals surface area contributed by atoms with E-state index in [2.05, 4.69) is 4.90 Å². The van der Waals surface area contributed by atoms with Crippen LogP contribution in [0, 0.1) is 5.41 Å². The molecule has 1 saturated heterocycles. The molecule has 4 nitrogen and oxygen atoms in total. The van der Waals surface area contributed by atoms with Crippen molar-refractivity contribution in [3.63, 3.8) is 0 Å². The summed E-state index contributed by atoms with van der Waals surface area (Å²) in [5, 5.41) is 0. The molecule has 0 aromatic carbocycles. The predicted octanol–water partition coefficient (Wildman–Crippen LogP) is 1.89. The van der Waals surface area contributed by atoms with Gasteiger partial charge in [-0.3, -0.25) is 9.69 Å². The van der Waals surface area contributed by atoms with Crippen LogP contribution >= 0.6 is 12.4 Å². The zero-order valence-corrected chi connectivity index (χ0v) is 12.3. The molecule has 1 heterocycles. The quantitative estimate of drug-likeness (QED) is 0.581. The van der Waals surface area contributed by atoms with Crippen LogP contribution in [0.4, 0.5) is 0 Å². The third kappa shape index (κ3) is 6.99. The molecule has 0 aromatic rings. The van der Waals surface area contributed by atoms with Crippen molar-refractivity contribution in [3.05, 3.63) is 12.2 Å². The first-order valence-corrected chi connectivity index (χ1v) is 6.12. The summed E-state index contributed by atoms with van der Waals surface area (Å²) in [5.41, 5.74) is -0.419. The Labute approximate surface area is 116 Å². The maximum absolute atomic E-state index is 11.4. The predicted molar refractivity (Wildman–Crippen MR) is 74.1 cm³/mol. The normalized spacial score (nSPS) is 17.5. The number of hydrogen-bond acceptors (Lipinski definition) is 4. The van der Waals surface area contributed by atoms with Gasteiger partial charge in [0, 0.05) is 19.6 Å². The first-order chi connectivity index (χ1) is 8.00. The molecule has 0 bridgehead atoms. The molecule has 0 saturated carbocycles. The summed E-state index contributed by atoms with van der Waals surface area (Å²) in [4.78, 5) is 13.8. The van der Waals surface area contributed by atoms with E-state index in [9.17, 15) is 4.79 Å². The van der Waals surface area contributed by atoms with Gasteiger partial charge in [0.1, 0.15) is 6.61 Å². The van der Waals surface area contributed by atoms with E-state index in [0.717, 1.165) is 32.8 Å². The molecule has 1 aliphatic rings. The lowest BCUT2D eigenvalue weighted by Crippen LogP contribution is -2.36. The Hall–Kier alpha value is -0.580.